The molecule has 2 heterocycles. The third-order valence-electron chi connectivity index (χ3n) is 7.70. The largest absolute Gasteiger partial charge is 0.375 e. The molecule has 1 saturated heterocycles. The molecule has 1 fully saturated rings. The highest BCUT2D eigenvalue weighted by atomic mass is 16.3. The number of hydrogen-bond donors (Lipinski definition) is 6. The van der Waals surface area contributed by atoms with Gasteiger partial charge in [-0.3, -0.25) is 24.5 Å². The van der Waals surface area contributed by atoms with Crippen molar-refractivity contribution in [2.24, 2.45) is 17.4 Å². The van der Waals surface area contributed by atoms with Gasteiger partial charge in [-0.15, -0.1) is 0 Å². The summed E-state index contributed by atoms with van der Waals surface area (Å²) in [6.07, 6.45) is 2.80. The molecule has 3 aromatic rings. The Hall–Kier alpha value is -4.35. The second-order valence-electron chi connectivity index (χ2n) is 10.8. The van der Waals surface area contributed by atoms with Crippen LogP contribution in [0, 0.1) is 5.92 Å². The molecular formula is C31H38N6O5. The van der Waals surface area contributed by atoms with Gasteiger partial charge in [0.25, 0.3) is 5.91 Å². The molecule has 0 bridgehead atoms. The first-order chi connectivity index (χ1) is 20.1. The predicted molar refractivity (Wildman–Crippen MR) is 157 cm³/mol. The molecule has 4 rings (SSSR count). The zero-order chi connectivity index (χ0) is 30.1. The van der Waals surface area contributed by atoms with Crippen LogP contribution in [-0.2, 0) is 14.4 Å². The Balaban J connectivity index is 1.46. The van der Waals surface area contributed by atoms with Crippen LogP contribution in [0.3, 0.4) is 0 Å². The molecule has 1 aliphatic rings. The molecule has 0 spiro atoms. The number of carbonyl (C=O) groups is 4. The van der Waals surface area contributed by atoms with Crippen molar-refractivity contribution in [1.29, 1.82) is 0 Å². The summed E-state index contributed by atoms with van der Waals surface area (Å²) in [7, 11) is 0. The Kier molecular flexibility index (Phi) is 10.2. The van der Waals surface area contributed by atoms with Gasteiger partial charge in [0.05, 0.1) is 24.4 Å². The molecule has 222 valence electrons. The second-order valence-corrected chi connectivity index (χ2v) is 10.8. The SMILES string of the molecule is NC(=O)C[C@@H](NC(=O)c1ccc2ccccc2n1)C(=O)NC(CCC[C@H]1CCCN[C@]1(O)CC(N)=O)c1ccccc1. The van der Waals surface area contributed by atoms with Crippen LogP contribution < -0.4 is 27.4 Å². The normalized spacial score (nSPS) is 19.9. The first kappa shape index (κ1) is 30.6. The number of aliphatic hydroxyl groups is 1. The Labute approximate surface area is 244 Å². The van der Waals surface area contributed by atoms with E-state index in [1.807, 2.05) is 48.5 Å². The third kappa shape index (κ3) is 8.11. The number of benzene rings is 2. The summed E-state index contributed by atoms with van der Waals surface area (Å²) in [5.74, 6) is -2.65. The number of nitrogens with zero attached hydrogens (tertiary/aromatic N) is 1. The number of hydrogen-bond acceptors (Lipinski definition) is 7. The summed E-state index contributed by atoms with van der Waals surface area (Å²) in [5.41, 5.74) is 11.0. The molecule has 42 heavy (non-hydrogen) atoms. The number of primary amides is 2. The number of rotatable bonds is 13. The maximum atomic E-state index is 13.5. The number of amides is 4. The van der Waals surface area contributed by atoms with Crippen LogP contribution in [0.1, 0.15) is 67.0 Å². The molecule has 0 aliphatic carbocycles. The first-order valence-electron chi connectivity index (χ1n) is 14.2. The van der Waals surface area contributed by atoms with Gasteiger partial charge in [0.15, 0.2) is 0 Å². The van der Waals surface area contributed by atoms with E-state index in [0.717, 1.165) is 23.8 Å². The highest BCUT2D eigenvalue weighted by Gasteiger charge is 2.39. The molecule has 1 aliphatic heterocycles. The molecular weight excluding hydrogens is 536 g/mol. The average Bonchev–Trinajstić information content (AvgIpc) is 2.96. The predicted octanol–water partition coefficient (Wildman–Crippen LogP) is 1.80. The Bertz CT molecular complexity index is 1420. The standard InChI is InChI=1S/C31H38N6O5/c32-27(38)18-26(37-29(40)25-16-15-21-10-4-5-13-23(21)35-25)30(41)36-24(20-8-2-1-3-9-20)14-6-11-22-12-7-17-34-31(22,42)19-28(33)39/h1-5,8-10,13,15-16,22,24,26,34,42H,6-7,11-12,14,17-19H2,(H2,32,38)(H2,33,39)(H,36,41)(H,37,40)/t22-,24?,26+,31-/m0/s1. The van der Waals surface area contributed by atoms with Crippen molar-refractivity contribution in [2.75, 3.05) is 6.54 Å². The minimum Gasteiger partial charge on any atom is -0.375 e. The van der Waals surface area contributed by atoms with Gasteiger partial charge in [0.1, 0.15) is 17.5 Å². The lowest BCUT2D eigenvalue weighted by atomic mass is 9.81. The van der Waals surface area contributed by atoms with E-state index in [9.17, 15) is 24.3 Å². The summed E-state index contributed by atoms with van der Waals surface area (Å²) in [6.45, 7) is 0.602. The van der Waals surface area contributed by atoms with Gasteiger partial charge >= 0.3 is 0 Å². The minimum absolute atomic E-state index is 0.111. The molecule has 1 aromatic heterocycles. The number of fused-ring (bicyclic) bond motifs is 1. The van der Waals surface area contributed by atoms with E-state index in [4.69, 9.17) is 11.5 Å². The lowest BCUT2D eigenvalue weighted by Crippen LogP contribution is -2.56. The summed E-state index contributed by atoms with van der Waals surface area (Å²) >= 11 is 0. The van der Waals surface area contributed by atoms with E-state index < -0.39 is 41.4 Å². The molecule has 2 aromatic carbocycles. The van der Waals surface area contributed by atoms with Crippen LogP contribution in [0.4, 0.5) is 0 Å². The fourth-order valence-electron chi connectivity index (χ4n) is 5.58. The van der Waals surface area contributed by atoms with Gasteiger partial charge in [-0.05, 0) is 49.9 Å². The number of nitrogens with one attached hydrogen (secondary N) is 3. The molecule has 0 radical (unpaired) electrons. The maximum absolute atomic E-state index is 13.5. The smallest absolute Gasteiger partial charge is 0.270 e. The highest BCUT2D eigenvalue weighted by Crippen LogP contribution is 2.32. The number of pyridine rings is 1. The Morgan fingerprint density at radius 2 is 1.71 bits per heavy atom. The minimum atomic E-state index is -1.36. The topological polar surface area (TPSA) is 190 Å². The highest BCUT2D eigenvalue weighted by molar-refractivity contribution is 5.99. The van der Waals surface area contributed by atoms with E-state index in [-0.39, 0.29) is 24.5 Å². The Morgan fingerprint density at radius 1 is 0.976 bits per heavy atom. The summed E-state index contributed by atoms with van der Waals surface area (Å²) < 4.78 is 0. The maximum Gasteiger partial charge on any atom is 0.270 e. The van der Waals surface area contributed by atoms with Gasteiger partial charge in [0, 0.05) is 11.3 Å². The number of aromatic nitrogens is 1. The van der Waals surface area contributed by atoms with Crippen molar-refractivity contribution in [1.82, 2.24) is 20.9 Å². The zero-order valence-electron chi connectivity index (χ0n) is 23.4. The van der Waals surface area contributed by atoms with Gasteiger partial charge in [-0.25, -0.2) is 4.98 Å². The number of nitrogens with two attached hydrogens (primary N) is 2. The average molecular weight is 575 g/mol. The van der Waals surface area contributed by atoms with Crippen LogP contribution in [-0.4, -0.2) is 52.0 Å². The fraction of sp³-hybridized carbons (Fsp3) is 0.387. The van der Waals surface area contributed by atoms with Crippen molar-refractivity contribution < 1.29 is 24.3 Å². The van der Waals surface area contributed by atoms with Crippen LogP contribution in [0.2, 0.25) is 0 Å². The van der Waals surface area contributed by atoms with Crippen LogP contribution in [0.5, 0.6) is 0 Å². The van der Waals surface area contributed by atoms with Gasteiger partial charge in [-0.2, -0.15) is 0 Å². The zero-order valence-corrected chi connectivity index (χ0v) is 23.4. The molecule has 8 N–H and O–H groups in total. The van der Waals surface area contributed by atoms with Gasteiger partial charge in [-0.1, -0.05) is 61.0 Å². The second kappa shape index (κ2) is 14.0. The first-order valence-corrected chi connectivity index (χ1v) is 14.2. The third-order valence-corrected chi connectivity index (χ3v) is 7.70. The molecule has 11 heteroatoms. The van der Waals surface area contributed by atoms with E-state index >= 15 is 0 Å². The van der Waals surface area contributed by atoms with E-state index in [1.165, 1.54) is 0 Å². The molecule has 0 saturated carbocycles. The van der Waals surface area contributed by atoms with Crippen LogP contribution in [0.15, 0.2) is 66.7 Å². The fourth-order valence-corrected chi connectivity index (χ4v) is 5.58. The van der Waals surface area contributed by atoms with Crippen molar-refractivity contribution >= 4 is 34.5 Å². The van der Waals surface area contributed by atoms with Crippen molar-refractivity contribution in [3.05, 3.63) is 78.0 Å². The Morgan fingerprint density at radius 3 is 2.45 bits per heavy atom. The van der Waals surface area contributed by atoms with Gasteiger partial charge < -0.3 is 27.2 Å². The lowest BCUT2D eigenvalue weighted by molar-refractivity contribution is -0.131. The number of piperidine rings is 1. The van der Waals surface area contributed by atoms with Crippen molar-refractivity contribution in [3.8, 4) is 0 Å². The molecule has 1 unspecified atom stereocenters. The summed E-state index contributed by atoms with van der Waals surface area (Å²) in [5, 5.41) is 20.6. The summed E-state index contributed by atoms with van der Waals surface area (Å²) in [4.78, 5) is 54.3. The molecule has 4 atom stereocenters. The van der Waals surface area contributed by atoms with E-state index in [1.54, 1.807) is 18.2 Å². The van der Waals surface area contributed by atoms with Crippen molar-refractivity contribution in [2.45, 2.75) is 62.8 Å². The van der Waals surface area contributed by atoms with Crippen LogP contribution >= 0.6 is 0 Å². The lowest BCUT2D eigenvalue weighted by Gasteiger charge is -2.40. The number of carbonyl (C=O) groups excluding carboxylic acids is 4. The van der Waals surface area contributed by atoms with Crippen LogP contribution in [0.25, 0.3) is 10.9 Å². The monoisotopic (exact) mass is 574 g/mol. The van der Waals surface area contributed by atoms with E-state index in [0.29, 0.717) is 31.3 Å². The van der Waals surface area contributed by atoms with Gasteiger partial charge in [0.2, 0.25) is 17.7 Å². The molecule has 4 amide bonds. The van der Waals surface area contributed by atoms with Crippen molar-refractivity contribution in [3.63, 3.8) is 0 Å². The van der Waals surface area contributed by atoms with E-state index in [2.05, 4.69) is 20.9 Å². The summed E-state index contributed by atoms with van der Waals surface area (Å²) in [6, 6.07) is 18.4. The molecule has 11 nitrogen and oxygen atoms in total. The quantitative estimate of drug-likeness (QED) is 0.179. The number of para-hydroxylation sites is 1.